The molecular formula is C11H21NO2S. The van der Waals surface area contributed by atoms with Gasteiger partial charge in [0, 0.05) is 17.0 Å². The fraction of sp³-hybridized carbons (Fsp3) is 0.909. The number of methoxy groups -OCH3 is 1. The normalized spacial score (nSPS) is 18.7. The van der Waals surface area contributed by atoms with Crippen LogP contribution in [0.4, 0.5) is 0 Å². The number of rotatable bonds is 6. The molecule has 0 amide bonds. The molecule has 4 heteroatoms. The van der Waals surface area contributed by atoms with Gasteiger partial charge in [-0.3, -0.25) is 4.79 Å². The molecule has 0 unspecified atom stereocenters. The molecule has 0 heterocycles. The van der Waals surface area contributed by atoms with Crippen molar-refractivity contribution in [1.29, 1.82) is 0 Å². The summed E-state index contributed by atoms with van der Waals surface area (Å²) in [6.07, 6.45) is 2.86. The Hall–Kier alpha value is -0.220. The summed E-state index contributed by atoms with van der Waals surface area (Å²) in [5.41, 5.74) is 5.88. The van der Waals surface area contributed by atoms with E-state index in [4.69, 9.17) is 10.5 Å². The van der Waals surface area contributed by atoms with E-state index in [1.807, 2.05) is 11.8 Å². The summed E-state index contributed by atoms with van der Waals surface area (Å²) < 4.78 is 4.83. The molecular weight excluding hydrogens is 210 g/mol. The lowest BCUT2D eigenvalue weighted by atomic mass is 10.1. The molecule has 1 aliphatic carbocycles. The molecule has 1 saturated carbocycles. The molecule has 0 aromatic carbocycles. The molecule has 0 atom stereocenters. The van der Waals surface area contributed by atoms with E-state index in [9.17, 15) is 4.79 Å². The third-order valence-corrected chi connectivity index (χ3v) is 4.67. The molecule has 0 aromatic heterocycles. The van der Waals surface area contributed by atoms with E-state index >= 15 is 0 Å². The highest BCUT2D eigenvalue weighted by Crippen LogP contribution is 2.52. The Labute approximate surface area is 96.1 Å². The molecule has 15 heavy (non-hydrogen) atoms. The van der Waals surface area contributed by atoms with Gasteiger partial charge in [0.05, 0.1) is 13.5 Å². The van der Waals surface area contributed by atoms with Crippen LogP contribution in [-0.4, -0.2) is 30.1 Å². The smallest absolute Gasteiger partial charge is 0.306 e. The number of thioether (sulfide) groups is 1. The maximum absolute atomic E-state index is 11.2. The molecule has 1 rings (SSSR count). The Morgan fingerprint density at radius 1 is 1.53 bits per heavy atom. The number of carbonyl (C=O) groups is 1. The van der Waals surface area contributed by atoms with Gasteiger partial charge in [-0.25, -0.2) is 0 Å². The molecule has 1 aliphatic rings. The van der Waals surface area contributed by atoms with Crippen LogP contribution in [0.2, 0.25) is 0 Å². The Morgan fingerprint density at radius 3 is 2.53 bits per heavy atom. The zero-order valence-electron chi connectivity index (χ0n) is 9.84. The van der Waals surface area contributed by atoms with Crippen LogP contribution < -0.4 is 5.73 Å². The summed E-state index contributed by atoms with van der Waals surface area (Å²) in [5, 5.41) is 0. The fourth-order valence-corrected chi connectivity index (χ4v) is 2.54. The Kier molecular flexibility index (Phi) is 4.06. The highest BCUT2D eigenvalue weighted by molar-refractivity contribution is 8.00. The number of hydrogen-bond acceptors (Lipinski definition) is 4. The molecule has 88 valence electrons. The largest absolute Gasteiger partial charge is 0.469 e. The predicted molar refractivity (Wildman–Crippen MR) is 63.9 cm³/mol. The number of ether oxygens (including phenoxy) is 1. The van der Waals surface area contributed by atoms with Gasteiger partial charge in [-0.15, -0.1) is 0 Å². The summed E-state index contributed by atoms with van der Waals surface area (Å²) in [6, 6.07) is 0. The van der Waals surface area contributed by atoms with Gasteiger partial charge < -0.3 is 10.5 Å². The number of esters is 1. The first-order valence-corrected chi connectivity index (χ1v) is 6.32. The van der Waals surface area contributed by atoms with Crippen LogP contribution in [0.3, 0.4) is 0 Å². The topological polar surface area (TPSA) is 52.3 Å². The van der Waals surface area contributed by atoms with Gasteiger partial charge >= 0.3 is 5.97 Å². The molecule has 0 spiro atoms. The number of hydrogen-bond donors (Lipinski definition) is 1. The number of nitrogens with two attached hydrogens (primary N) is 1. The number of carbonyl (C=O) groups excluding carboxylic acids is 1. The van der Waals surface area contributed by atoms with E-state index < -0.39 is 0 Å². The zero-order valence-corrected chi connectivity index (χ0v) is 10.7. The first-order chi connectivity index (χ1) is 6.93. The van der Waals surface area contributed by atoms with Crippen molar-refractivity contribution in [2.24, 2.45) is 11.1 Å². The lowest BCUT2D eigenvalue weighted by Crippen LogP contribution is -2.28. The van der Waals surface area contributed by atoms with Crippen LogP contribution in [-0.2, 0) is 9.53 Å². The van der Waals surface area contributed by atoms with Gasteiger partial charge in [-0.05, 0) is 32.1 Å². The van der Waals surface area contributed by atoms with Crippen LogP contribution in [0.25, 0.3) is 0 Å². The summed E-state index contributed by atoms with van der Waals surface area (Å²) in [5.74, 6) is 0.936. The SMILES string of the molecule is COC(=O)CC1(CSC(C)(C)CN)CC1. The first-order valence-electron chi connectivity index (χ1n) is 5.34. The molecule has 1 fully saturated rings. The molecule has 0 aromatic rings. The van der Waals surface area contributed by atoms with Crippen molar-refractivity contribution in [3.05, 3.63) is 0 Å². The van der Waals surface area contributed by atoms with Crippen LogP contribution in [0.15, 0.2) is 0 Å². The summed E-state index contributed by atoms with van der Waals surface area (Å²) in [6.45, 7) is 4.96. The molecule has 0 saturated heterocycles. The minimum absolute atomic E-state index is 0.0846. The molecule has 2 N–H and O–H groups in total. The second kappa shape index (κ2) is 4.74. The lowest BCUT2D eigenvalue weighted by Gasteiger charge is -2.24. The third-order valence-electron chi connectivity index (χ3n) is 2.96. The maximum atomic E-state index is 11.2. The summed E-state index contributed by atoms with van der Waals surface area (Å²) >= 11 is 1.87. The lowest BCUT2D eigenvalue weighted by molar-refractivity contribution is -0.141. The van der Waals surface area contributed by atoms with Gasteiger partial charge in [-0.2, -0.15) is 11.8 Å². The third kappa shape index (κ3) is 4.03. The van der Waals surface area contributed by atoms with Gasteiger partial charge in [0.1, 0.15) is 0 Å². The minimum atomic E-state index is -0.0846. The first kappa shape index (κ1) is 12.8. The van der Waals surface area contributed by atoms with E-state index in [1.54, 1.807) is 0 Å². The average molecular weight is 231 g/mol. The van der Waals surface area contributed by atoms with Crippen molar-refractivity contribution in [3.8, 4) is 0 Å². The van der Waals surface area contributed by atoms with Gasteiger partial charge in [0.25, 0.3) is 0 Å². The van der Waals surface area contributed by atoms with Crippen LogP contribution in [0, 0.1) is 5.41 Å². The van der Waals surface area contributed by atoms with Gasteiger partial charge in [-0.1, -0.05) is 0 Å². The highest BCUT2D eigenvalue weighted by atomic mass is 32.2. The van der Waals surface area contributed by atoms with E-state index in [0.29, 0.717) is 13.0 Å². The average Bonchev–Trinajstić information content (AvgIpc) is 2.96. The fourth-order valence-electron chi connectivity index (χ4n) is 1.33. The van der Waals surface area contributed by atoms with Crippen molar-refractivity contribution >= 4 is 17.7 Å². The standard InChI is InChI=1S/C11H21NO2S/c1-10(2,7-12)15-8-11(4-5-11)6-9(13)14-3/h4-8,12H2,1-3H3. The monoisotopic (exact) mass is 231 g/mol. The minimum Gasteiger partial charge on any atom is -0.469 e. The van der Waals surface area contributed by atoms with E-state index in [0.717, 1.165) is 18.6 Å². The molecule has 0 aliphatic heterocycles. The van der Waals surface area contributed by atoms with E-state index in [2.05, 4.69) is 13.8 Å². The Morgan fingerprint density at radius 2 is 2.13 bits per heavy atom. The molecule has 0 bridgehead atoms. The maximum Gasteiger partial charge on any atom is 0.306 e. The predicted octanol–water partition coefficient (Wildman–Crippen LogP) is 1.80. The van der Waals surface area contributed by atoms with Crippen molar-refractivity contribution in [1.82, 2.24) is 0 Å². The second-order valence-corrected chi connectivity index (χ2v) is 6.69. The van der Waals surface area contributed by atoms with E-state index in [1.165, 1.54) is 7.11 Å². The van der Waals surface area contributed by atoms with Gasteiger partial charge in [0.15, 0.2) is 0 Å². The summed E-state index contributed by atoms with van der Waals surface area (Å²) in [7, 11) is 1.45. The van der Waals surface area contributed by atoms with Crippen molar-refractivity contribution in [3.63, 3.8) is 0 Å². The Bertz CT molecular complexity index is 237. The quantitative estimate of drug-likeness (QED) is 0.708. The molecule has 0 radical (unpaired) electrons. The van der Waals surface area contributed by atoms with E-state index in [-0.39, 0.29) is 16.1 Å². The van der Waals surface area contributed by atoms with Crippen molar-refractivity contribution in [2.75, 3.05) is 19.4 Å². The highest BCUT2D eigenvalue weighted by Gasteiger charge is 2.45. The van der Waals surface area contributed by atoms with Crippen molar-refractivity contribution < 1.29 is 9.53 Å². The van der Waals surface area contributed by atoms with Crippen LogP contribution in [0.1, 0.15) is 33.1 Å². The zero-order chi connectivity index (χ0) is 11.5. The van der Waals surface area contributed by atoms with Gasteiger partial charge in [0.2, 0.25) is 0 Å². The van der Waals surface area contributed by atoms with Crippen LogP contribution >= 0.6 is 11.8 Å². The summed E-state index contributed by atoms with van der Waals surface area (Å²) in [4.78, 5) is 11.2. The Balaban J connectivity index is 2.35. The molecule has 3 nitrogen and oxygen atoms in total. The second-order valence-electron chi connectivity index (χ2n) is 5.01. The van der Waals surface area contributed by atoms with Crippen LogP contribution in [0.5, 0.6) is 0 Å². The van der Waals surface area contributed by atoms with Crippen molar-refractivity contribution in [2.45, 2.75) is 37.9 Å².